The molecule has 0 bridgehead atoms. The third-order valence-corrected chi connectivity index (χ3v) is 3.12. The first-order valence-electron chi connectivity index (χ1n) is 6.77. The van der Waals surface area contributed by atoms with E-state index < -0.39 is 17.4 Å². The van der Waals surface area contributed by atoms with Crippen molar-refractivity contribution in [1.29, 1.82) is 0 Å². The lowest BCUT2D eigenvalue weighted by molar-refractivity contribution is -0.385. The highest BCUT2D eigenvalue weighted by atomic mass is 35.5. The van der Waals surface area contributed by atoms with Crippen molar-refractivity contribution in [2.45, 2.75) is 0 Å². The number of nitro groups is 1. The summed E-state index contributed by atoms with van der Waals surface area (Å²) >= 11 is 5.68. The van der Waals surface area contributed by atoms with E-state index in [1.165, 1.54) is 24.3 Å². The maximum absolute atomic E-state index is 11.6. The first kappa shape index (κ1) is 18.0. The van der Waals surface area contributed by atoms with Crippen molar-refractivity contribution < 1.29 is 24.7 Å². The molecule has 0 atom stereocenters. The summed E-state index contributed by atoms with van der Waals surface area (Å²) in [5.74, 6) is -1.11. The molecule has 25 heavy (non-hydrogen) atoms. The number of nitrogens with zero attached hydrogens (tertiary/aromatic N) is 2. The monoisotopic (exact) mass is 365 g/mol. The number of carbonyl (C=O) groups excluding carboxylic acids is 1. The van der Waals surface area contributed by atoms with E-state index in [1.54, 1.807) is 0 Å². The molecule has 2 rings (SSSR count). The maximum atomic E-state index is 11.6. The molecule has 0 heterocycles. The Morgan fingerprint density at radius 2 is 2.08 bits per heavy atom. The second kappa shape index (κ2) is 7.97. The summed E-state index contributed by atoms with van der Waals surface area (Å²) in [6.45, 7) is -0.513. The van der Waals surface area contributed by atoms with Gasteiger partial charge in [-0.3, -0.25) is 14.9 Å². The Bertz CT molecular complexity index is 840. The zero-order valence-corrected chi connectivity index (χ0v) is 13.3. The number of carbonyl (C=O) groups is 1. The van der Waals surface area contributed by atoms with Crippen molar-refractivity contribution in [1.82, 2.24) is 5.43 Å². The minimum absolute atomic E-state index is 0.107. The van der Waals surface area contributed by atoms with Crippen LogP contribution in [0.2, 0.25) is 5.02 Å². The van der Waals surface area contributed by atoms with E-state index in [2.05, 4.69) is 10.5 Å². The number of aromatic hydroxyl groups is 2. The van der Waals surface area contributed by atoms with Crippen LogP contribution in [0.25, 0.3) is 0 Å². The molecule has 0 aromatic heterocycles. The Hall–Kier alpha value is -3.33. The molecule has 10 heteroatoms. The normalized spacial score (nSPS) is 10.6. The average Bonchev–Trinajstić information content (AvgIpc) is 2.55. The van der Waals surface area contributed by atoms with Crippen LogP contribution >= 0.6 is 11.6 Å². The van der Waals surface area contributed by atoms with E-state index in [4.69, 9.17) is 21.4 Å². The number of benzene rings is 2. The molecule has 0 aliphatic carbocycles. The van der Waals surface area contributed by atoms with Crippen LogP contribution < -0.4 is 10.2 Å². The fraction of sp³-hybridized carbons (Fsp3) is 0.0667. The van der Waals surface area contributed by atoms with Gasteiger partial charge in [0.25, 0.3) is 5.91 Å². The van der Waals surface area contributed by atoms with E-state index in [0.717, 1.165) is 18.3 Å². The molecular formula is C15H12ClN3O6. The topological polar surface area (TPSA) is 134 Å². The summed E-state index contributed by atoms with van der Waals surface area (Å²) in [5, 5.41) is 33.4. The van der Waals surface area contributed by atoms with Crippen molar-refractivity contribution in [3.05, 3.63) is 57.1 Å². The number of phenolic OH excluding ortho intramolecular Hbond substituents is 2. The van der Waals surface area contributed by atoms with Gasteiger partial charge in [-0.05, 0) is 24.3 Å². The van der Waals surface area contributed by atoms with Crippen molar-refractivity contribution in [3.8, 4) is 17.2 Å². The number of hydrogen-bond donors (Lipinski definition) is 3. The summed E-state index contributed by atoms with van der Waals surface area (Å²) < 4.78 is 5.09. The van der Waals surface area contributed by atoms with Gasteiger partial charge < -0.3 is 14.9 Å². The molecule has 0 fully saturated rings. The average molecular weight is 366 g/mol. The number of nitrogens with one attached hydrogen (secondary N) is 1. The standard InChI is InChI=1S/C15H12ClN3O6/c16-10-2-4-14(12(5-10)19(23)24)25-8-15(22)18-17-7-9-1-3-11(20)6-13(9)21/h1-7,20-21H,8H2,(H,18,22). The third-order valence-electron chi connectivity index (χ3n) is 2.88. The van der Waals surface area contributed by atoms with Crippen LogP contribution in [0, 0.1) is 10.1 Å². The second-order valence-electron chi connectivity index (χ2n) is 4.69. The predicted molar refractivity (Wildman–Crippen MR) is 89.1 cm³/mol. The summed E-state index contributed by atoms with van der Waals surface area (Å²) in [5.41, 5.74) is 2.05. The summed E-state index contributed by atoms with van der Waals surface area (Å²) in [7, 11) is 0. The highest BCUT2D eigenvalue weighted by Gasteiger charge is 2.16. The molecule has 130 valence electrons. The Morgan fingerprint density at radius 1 is 1.32 bits per heavy atom. The Labute approximate surface area is 146 Å². The molecule has 2 aromatic rings. The number of amides is 1. The smallest absolute Gasteiger partial charge is 0.312 e. The van der Waals surface area contributed by atoms with Crippen LogP contribution in [-0.4, -0.2) is 33.9 Å². The Morgan fingerprint density at radius 3 is 2.76 bits per heavy atom. The SMILES string of the molecule is O=C(COc1ccc(Cl)cc1[N+](=O)[O-])NN=Cc1ccc(O)cc1O. The van der Waals surface area contributed by atoms with E-state index in [-0.39, 0.29) is 33.5 Å². The molecule has 0 saturated carbocycles. The van der Waals surface area contributed by atoms with Crippen molar-refractivity contribution in [3.63, 3.8) is 0 Å². The number of halogens is 1. The van der Waals surface area contributed by atoms with Crippen LogP contribution in [0.3, 0.4) is 0 Å². The Balaban J connectivity index is 1.93. The van der Waals surface area contributed by atoms with Gasteiger partial charge in [-0.25, -0.2) is 5.43 Å². The van der Waals surface area contributed by atoms with Crippen LogP contribution in [-0.2, 0) is 4.79 Å². The van der Waals surface area contributed by atoms with Crippen molar-refractivity contribution in [2.24, 2.45) is 5.10 Å². The van der Waals surface area contributed by atoms with E-state index >= 15 is 0 Å². The minimum atomic E-state index is -0.676. The highest BCUT2D eigenvalue weighted by molar-refractivity contribution is 6.30. The van der Waals surface area contributed by atoms with Gasteiger partial charge in [-0.2, -0.15) is 5.10 Å². The lowest BCUT2D eigenvalue weighted by atomic mass is 10.2. The number of nitro benzene ring substituents is 1. The van der Waals surface area contributed by atoms with Gasteiger partial charge in [0.15, 0.2) is 12.4 Å². The fourth-order valence-electron chi connectivity index (χ4n) is 1.75. The molecule has 0 radical (unpaired) electrons. The number of phenols is 2. The molecule has 0 unspecified atom stereocenters. The highest BCUT2D eigenvalue weighted by Crippen LogP contribution is 2.29. The molecule has 0 spiro atoms. The largest absolute Gasteiger partial charge is 0.508 e. The first-order valence-corrected chi connectivity index (χ1v) is 7.15. The number of hydrazone groups is 1. The Kier molecular flexibility index (Phi) is 5.75. The van der Waals surface area contributed by atoms with Crippen LogP contribution in [0.4, 0.5) is 5.69 Å². The summed E-state index contributed by atoms with van der Waals surface area (Å²) in [6.07, 6.45) is 1.16. The first-order chi connectivity index (χ1) is 11.9. The number of ether oxygens (including phenoxy) is 1. The van der Waals surface area contributed by atoms with Crippen molar-refractivity contribution in [2.75, 3.05) is 6.61 Å². The van der Waals surface area contributed by atoms with Crippen molar-refractivity contribution >= 4 is 29.4 Å². The molecule has 0 aliphatic rings. The lowest BCUT2D eigenvalue weighted by Crippen LogP contribution is -2.24. The lowest BCUT2D eigenvalue weighted by Gasteiger charge is -2.06. The maximum Gasteiger partial charge on any atom is 0.312 e. The van der Waals surface area contributed by atoms with Crippen LogP contribution in [0.15, 0.2) is 41.5 Å². The molecular weight excluding hydrogens is 354 g/mol. The van der Waals surface area contributed by atoms with Crippen LogP contribution in [0.5, 0.6) is 17.2 Å². The second-order valence-corrected chi connectivity index (χ2v) is 5.13. The van der Waals surface area contributed by atoms with Crippen LogP contribution in [0.1, 0.15) is 5.56 Å². The number of rotatable bonds is 6. The minimum Gasteiger partial charge on any atom is -0.508 e. The van der Waals surface area contributed by atoms with Gasteiger partial charge in [-0.15, -0.1) is 0 Å². The van der Waals surface area contributed by atoms with E-state index in [0.29, 0.717) is 0 Å². The van der Waals surface area contributed by atoms with Gasteiger partial charge >= 0.3 is 5.69 Å². The van der Waals surface area contributed by atoms with E-state index in [9.17, 15) is 20.0 Å². The van der Waals surface area contributed by atoms with Gasteiger partial charge in [0.2, 0.25) is 0 Å². The molecule has 0 aliphatic heterocycles. The van der Waals surface area contributed by atoms with Gasteiger partial charge in [0.05, 0.1) is 11.1 Å². The molecule has 1 amide bonds. The number of hydrogen-bond acceptors (Lipinski definition) is 7. The van der Waals surface area contributed by atoms with Gasteiger partial charge in [-0.1, -0.05) is 11.6 Å². The fourth-order valence-corrected chi connectivity index (χ4v) is 1.91. The quantitative estimate of drug-likeness (QED) is 0.408. The van der Waals surface area contributed by atoms with Gasteiger partial charge in [0, 0.05) is 22.7 Å². The predicted octanol–water partition coefficient (Wildman–Crippen LogP) is 2.19. The molecule has 2 aromatic carbocycles. The van der Waals surface area contributed by atoms with Gasteiger partial charge in [0.1, 0.15) is 11.5 Å². The summed E-state index contributed by atoms with van der Waals surface area (Å²) in [4.78, 5) is 21.9. The molecule has 0 saturated heterocycles. The zero-order chi connectivity index (χ0) is 18.4. The summed E-state index contributed by atoms with van der Waals surface area (Å²) in [6, 6.07) is 7.64. The molecule has 3 N–H and O–H groups in total. The van der Waals surface area contributed by atoms with E-state index in [1.807, 2.05) is 0 Å². The zero-order valence-electron chi connectivity index (χ0n) is 12.5. The third kappa shape index (κ3) is 5.08. The molecule has 9 nitrogen and oxygen atoms in total.